The molecule has 0 heterocycles. The Labute approximate surface area is 502 Å². The molecule has 0 nitrogen and oxygen atoms in total. The first-order chi connectivity index (χ1) is 38.2. The summed E-state index contributed by atoms with van der Waals surface area (Å²) in [5.41, 5.74) is 33.3. The number of hydrogen-bond acceptors (Lipinski definition) is 0. The molecule has 0 amide bonds. The Balaban J connectivity index is 0.000000207. The molecule has 1 fully saturated rings. The molecule has 0 bridgehead atoms. The lowest BCUT2D eigenvalue weighted by atomic mass is 9.71. The highest BCUT2D eigenvalue weighted by molar-refractivity contribution is 5.91. The number of benzene rings is 9. The van der Waals surface area contributed by atoms with Gasteiger partial charge in [0.1, 0.15) is 0 Å². The summed E-state index contributed by atoms with van der Waals surface area (Å²) in [5.74, 6) is 3.86. The molecule has 0 saturated heterocycles. The van der Waals surface area contributed by atoms with Gasteiger partial charge in [0.25, 0.3) is 0 Å². The standard InChI is InChI=1S/3C14H16.C10H20.3C10H14/c1-9-5-7-14-12(4)10(2)6-8-13(14)11(9)3;2*1-9-5-6-13-12(4)10(2)8-11(3)14(13)7-9;2*1-7-5-9(3)10(4)6-8(7)2;2*1-7-5-8(2)10(4)9(3)6-7/h3*5-8H,1-4H3;7-10H,5-6H2,1-4H3;3*5-6H,1-4H3. The summed E-state index contributed by atoms with van der Waals surface area (Å²) in [7, 11) is 0. The maximum Gasteiger partial charge on any atom is -0.0149 e. The van der Waals surface area contributed by atoms with E-state index in [1.807, 2.05) is 0 Å². The third kappa shape index (κ3) is 18.4. The van der Waals surface area contributed by atoms with Crippen molar-refractivity contribution in [3.63, 3.8) is 0 Å². The van der Waals surface area contributed by atoms with Crippen molar-refractivity contribution in [1.82, 2.24) is 0 Å². The molecule has 0 spiro atoms. The Hall–Kier alpha value is -6.24. The van der Waals surface area contributed by atoms with Crippen molar-refractivity contribution in [2.24, 2.45) is 23.7 Å². The Morgan fingerprint density at radius 3 is 0.683 bits per heavy atom. The highest BCUT2D eigenvalue weighted by Crippen LogP contribution is 2.37. The normalized spacial score (nSPS) is 15.2. The van der Waals surface area contributed by atoms with Crippen molar-refractivity contribution >= 4 is 32.3 Å². The van der Waals surface area contributed by atoms with Crippen LogP contribution >= 0.6 is 0 Å². The molecule has 0 heteroatoms. The fraction of sp³-hybridized carbons (Fsp3) is 0.415. The average Bonchev–Trinajstić information content (AvgIpc) is 3.40. The molecule has 1 aliphatic rings. The van der Waals surface area contributed by atoms with Crippen LogP contribution in [0.3, 0.4) is 0 Å². The predicted octanol–water partition coefficient (Wildman–Crippen LogP) is 24.3. The van der Waals surface area contributed by atoms with Crippen LogP contribution in [-0.4, -0.2) is 0 Å². The van der Waals surface area contributed by atoms with Crippen molar-refractivity contribution in [2.75, 3.05) is 0 Å². The van der Waals surface area contributed by atoms with Gasteiger partial charge in [-0.3, -0.25) is 0 Å². The summed E-state index contributed by atoms with van der Waals surface area (Å²) in [6.45, 7) is 61.6. The molecular weight excluding hydrogens is 985 g/mol. The van der Waals surface area contributed by atoms with Crippen LogP contribution in [0.4, 0.5) is 0 Å². The van der Waals surface area contributed by atoms with E-state index in [-0.39, 0.29) is 0 Å². The fourth-order valence-corrected chi connectivity index (χ4v) is 11.7. The summed E-state index contributed by atoms with van der Waals surface area (Å²) in [6, 6.07) is 40.2. The van der Waals surface area contributed by atoms with Gasteiger partial charge in [-0.15, -0.1) is 0 Å². The molecule has 1 aliphatic carbocycles. The van der Waals surface area contributed by atoms with Gasteiger partial charge in [0.05, 0.1) is 0 Å². The number of hydrogen-bond donors (Lipinski definition) is 0. The molecule has 0 radical (unpaired) electrons. The zero-order valence-corrected chi connectivity index (χ0v) is 57.1. The van der Waals surface area contributed by atoms with Gasteiger partial charge in [-0.05, 0) is 346 Å². The van der Waals surface area contributed by atoms with Crippen LogP contribution in [0.5, 0.6) is 0 Å². The SMILES string of the molecule is CC1CC(C)C(C)CC1C.Cc1cc(C)c(C)c(C)c1.Cc1cc(C)c(C)c(C)c1.Cc1cc(C)c(C)cc1C.Cc1ccc2c(C)c(C)cc(C)c2c1.Cc1ccc2c(C)c(C)cc(C)c2c1.Cc1ccc2c(C)c(C)ccc2c1C. The maximum absolute atomic E-state index is 2.40. The summed E-state index contributed by atoms with van der Waals surface area (Å²) >= 11 is 0. The zero-order chi connectivity index (χ0) is 61.8. The molecule has 4 unspecified atom stereocenters. The molecule has 10 rings (SSSR count). The largest absolute Gasteiger partial charge is 0.0622 e. The molecule has 1 saturated carbocycles. The van der Waals surface area contributed by atoms with Crippen LogP contribution in [0, 0.1) is 190 Å². The predicted molar refractivity (Wildman–Crippen MR) is 371 cm³/mol. The van der Waals surface area contributed by atoms with Crippen LogP contribution in [0.1, 0.15) is 174 Å². The van der Waals surface area contributed by atoms with Gasteiger partial charge >= 0.3 is 0 Å². The highest BCUT2D eigenvalue weighted by Gasteiger charge is 2.27. The Morgan fingerprint density at radius 2 is 0.402 bits per heavy atom. The summed E-state index contributed by atoms with van der Waals surface area (Å²) in [6.07, 6.45) is 2.89. The molecule has 438 valence electrons. The van der Waals surface area contributed by atoms with Crippen LogP contribution < -0.4 is 0 Å². The van der Waals surface area contributed by atoms with Crippen molar-refractivity contribution < 1.29 is 0 Å². The zero-order valence-electron chi connectivity index (χ0n) is 57.1. The molecular formula is C82H110. The molecule has 9 aromatic rings. The quantitative estimate of drug-likeness (QED) is 0.142. The van der Waals surface area contributed by atoms with E-state index in [0.29, 0.717) is 0 Å². The molecule has 0 aliphatic heterocycles. The van der Waals surface area contributed by atoms with Gasteiger partial charge in [0, 0.05) is 0 Å². The first-order valence-electron chi connectivity index (χ1n) is 30.8. The Kier molecular flexibility index (Phi) is 25.3. The van der Waals surface area contributed by atoms with Crippen LogP contribution in [-0.2, 0) is 0 Å². The first kappa shape index (κ1) is 68.3. The lowest BCUT2D eigenvalue weighted by Crippen LogP contribution is -2.25. The second-order valence-electron chi connectivity index (χ2n) is 25.9. The lowest BCUT2D eigenvalue weighted by Gasteiger charge is -2.35. The summed E-state index contributed by atoms with van der Waals surface area (Å²) in [4.78, 5) is 0. The van der Waals surface area contributed by atoms with Gasteiger partial charge in [-0.25, -0.2) is 0 Å². The van der Waals surface area contributed by atoms with Crippen molar-refractivity contribution in [3.05, 3.63) is 243 Å². The molecule has 0 N–H and O–H groups in total. The second kappa shape index (κ2) is 30.4. The summed E-state index contributed by atoms with van der Waals surface area (Å²) < 4.78 is 0. The fourth-order valence-electron chi connectivity index (χ4n) is 11.7. The van der Waals surface area contributed by atoms with E-state index in [2.05, 4.69) is 303 Å². The molecule has 9 aromatic carbocycles. The van der Waals surface area contributed by atoms with Gasteiger partial charge in [-0.2, -0.15) is 0 Å². The van der Waals surface area contributed by atoms with Gasteiger partial charge in [0.15, 0.2) is 0 Å². The van der Waals surface area contributed by atoms with Crippen molar-refractivity contribution in [1.29, 1.82) is 0 Å². The maximum atomic E-state index is 2.40. The minimum absolute atomic E-state index is 0.964. The number of fused-ring (bicyclic) bond motifs is 3. The van der Waals surface area contributed by atoms with Gasteiger partial charge < -0.3 is 0 Å². The van der Waals surface area contributed by atoms with Crippen molar-refractivity contribution in [2.45, 2.75) is 207 Å². The summed E-state index contributed by atoms with van der Waals surface area (Å²) in [5, 5.41) is 8.38. The van der Waals surface area contributed by atoms with E-state index >= 15 is 0 Å². The Morgan fingerprint density at radius 1 is 0.183 bits per heavy atom. The first-order valence-corrected chi connectivity index (χ1v) is 30.8. The monoisotopic (exact) mass is 1090 g/mol. The van der Waals surface area contributed by atoms with E-state index < -0.39 is 0 Å². The van der Waals surface area contributed by atoms with Gasteiger partial charge in [0.2, 0.25) is 0 Å². The van der Waals surface area contributed by atoms with E-state index in [1.165, 1.54) is 179 Å². The third-order valence-electron chi connectivity index (χ3n) is 19.0. The number of aryl methyl sites for hydroxylation is 22. The minimum Gasteiger partial charge on any atom is -0.0622 e. The lowest BCUT2D eigenvalue weighted by molar-refractivity contribution is 0.157. The molecule has 82 heavy (non-hydrogen) atoms. The van der Waals surface area contributed by atoms with Gasteiger partial charge in [-0.1, -0.05) is 159 Å². The van der Waals surface area contributed by atoms with Crippen LogP contribution in [0.15, 0.2) is 109 Å². The molecule has 4 atom stereocenters. The smallest absolute Gasteiger partial charge is 0.0149 e. The number of rotatable bonds is 0. The van der Waals surface area contributed by atoms with E-state index in [1.54, 1.807) is 0 Å². The topological polar surface area (TPSA) is 0 Å². The second-order valence-corrected chi connectivity index (χ2v) is 25.9. The van der Waals surface area contributed by atoms with E-state index in [4.69, 9.17) is 0 Å². The molecule has 0 aromatic heterocycles. The van der Waals surface area contributed by atoms with Crippen molar-refractivity contribution in [3.8, 4) is 0 Å². The minimum atomic E-state index is 0.964. The van der Waals surface area contributed by atoms with E-state index in [0.717, 1.165) is 23.7 Å². The third-order valence-corrected chi connectivity index (χ3v) is 19.0. The Bertz CT molecular complexity index is 3270. The average molecular weight is 1100 g/mol. The highest BCUT2D eigenvalue weighted by atomic mass is 14.3. The van der Waals surface area contributed by atoms with Crippen LogP contribution in [0.2, 0.25) is 0 Å². The van der Waals surface area contributed by atoms with Crippen LogP contribution in [0.25, 0.3) is 32.3 Å². The van der Waals surface area contributed by atoms with E-state index in [9.17, 15) is 0 Å².